The van der Waals surface area contributed by atoms with Crippen LogP contribution in [0, 0.1) is 0 Å². The first-order valence-corrected chi connectivity index (χ1v) is 10.3. The third-order valence-corrected chi connectivity index (χ3v) is 6.08. The van der Waals surface area contributed by atoms with Crippen LogP contribution >= 0.6 is 11.3 Å². The summed E-state index contributed by atoms with van der Waals surface area (Å²) >= 11 is 1.63. The van der Waals surface area contributed by atoms with Crippen LogP contribution in [-0.2, 0) is 16.0 Å². The number of fused-ring (bicyclic) bond motifs is 1. The zero-order chi connectivity index (χ0) is 19.7. The summed E-state index contributed by atoms with van der Waals surface area (Å²) in [5.41, 5.74) is 3.15. The van der Waals surface area contributed by atoms with Gasteiger partial charge in [-0.2, -0.15) is 0 Å². The first-order chi connectivity index (χ1) is 13.5. The highest BCUT2D eigenvalue weighted by atomic mass is 32.1. The predicted octanol–water partition coefficient (Wildman–Crippen LogP) is 4.40. The molecular weight excluding hydrogens is 372 g/mol. The lowest BCUT2D eigenvalue weighted by molar-refractivity contribution is -0.149. The Morgan fingerprint density at radius 3 is 2.64 bits per heavy atom. The number of nitrogens with zero attached hydrogens (tertiary/aromatic N) is 2. The van der Waals surface area contributed by atoms with Crippen molar-refractivity contribution in [1.82, 2.24) is 4.98 Å². The van der Waals surface area contributed by atoms with Crippen LogP contribution in [0.4, 0.5) is 5.13 Å². The molecule has 28 heavy (non-hydrogen) atoms. The van der Waals surface area contributed by atoms with Crippen LogP contribution in [-0.4, -0.2) is 37.3 Å². The summed E-state index contributed by atoms with van der Waals surface area (Å²) in [7, 11) is 1.66. The van der Waals surface area contributed by atoms with Gasteiger partial charge in [0.25, 0.3) is 0 Å². The van der Waals surface area contributed by atoms with Crippen molar-refractivity contribution in [2.24, 2.45) is 0 Å². The smallest absolute Gasteiger partial charge is 0.310 e. The minimum absolute atomic E-state index is 0.0728. The molecule has 0 atom stereocenters. The molecule has 1 aliphatic heterocycles. The first-order valence-electron chi connectivity index (χ1n) is 9.50. The Labute approximate surface area is 168 Å². The highest BCUT2D eigenvalue weighted by molar-refractivity contribution is 7.22. The highest BCUT2D eigenvalue weighted by Crippen LogP contribution is 2.35. The molecule has 0 spiro atoms. The Bertz CT molecular complexity index is 975. The third-order valence-electron chi connectivity index (χ3n) is 5.00. The summed E-state index contributed by atoms with van der Waals surface area (Å²) in [6.45, 7) is 5.68. The van der Waals surface area contributed by atoms with E-state index < -0.39 is 0 Å². The minimum atomic E-state index is -0.173. The zero-order valence-electron chi connectivity index (χ0n) is 16.3. The van der Waals surface area contributed by atoms with Gasteiger partial charge in [-0.1, -0.05) is 55.5 Å². The van der Waals surface area contributed by atoms with Crippen molar-refractivity contribution >= 4 is 32.7 Å². The second-order valence-electron chi connectivity index (χ2n) is 7.39. The van der Waals surface area contributed by atoms with E-state index in [-0.39, 0.29) is 12.1 Å². The van der Waals surface area contributed by atoms with Gasteiger partial charge in [-0.15, -0.1) is 0 Å². The van der Waals surface area contributed by atoms with Crippen LogP contribution in [0.2, 0.25) is 0 Å². The van der Waals surface area contributed by atoms with Crippen molar-refractivity contribution in [3.8, 4) is 5.75 Å². The Morgan fingerprint density at radius 1 is 1.21 bits per heavy atom. The molecule has 0 amide bonds. The van der Waals surface area contributed by atoms with Gasteiger partial charge in [0.15, 0.2) is 5.13 Å². The van der Waals surface area contributed by atoms with E-state index in [4.69, 9.17) is 9.47 Å². The average molecular weight is 397 g/mol. The average Bonchev–Trinajstić information content (AvgIpc) is 3.08. The van der Waals surface area contributed by atoms with E-state index in [0.29, 0.717) is 25.4 Å². The number of para-hydroxylation sites is 1. The van der Waals surface area contributed by atoms with E-state index in [1.807, 2.05) is 30.3 Å². The maximum atomic E-state index is 12.2. The quantitative estimate of drug-likeness (QED) is 0.578. The topological polar surface area (TPSA) is 51.7 Å². The summed E-state index contributed by atoms with van der Waals surface area (Å²) in [6, 6.07) is 14.1. The summed E-state index contributed by atoms with van der Waals surface area (Å²) in [5.74, 6) is 1.10. The molecule has 146 valence electrons. The highest BCUT2D eigenvalue weighted by Gasteiger charge is 2.32. The van der Waals surface area contributed by atoms with E-state index in [9.17, 15) is 4.79 Å². The van der Waals surface area contributed by atoms with Crippen LogP contribution < -0.4 is 9.64 Å². The summed E-state index contributed by atoms with van der Waals surface area (Å²) in [4.78, 5) is 19.1. The number of rotatable bonds is 6. The van der Waals surface area contributed by atoms with Gasteiger partial charge in [0.1, 0.15) is 17.4 Å². The fourth-order valence-electron chi connectivity index (χ4n) is 3.30. The summed E-state index contributed by atoms with van der Waals surface area (Å²) in [5, 5.41) is 0.941. The molecular formula is C22H24N2O3S. The van der Waals surface area contributed by atoms with Crippen LogP contribution in [0.1, 0.15) is 30.9 Å². The minimum Gasteiger partial charge on any atom is -0.494 e. The molecule has 4 rings (SSSR count). The van der Waals surface area contributed by atoms with Crippen molar-refractivity contribution in [2.45, 2.75) is 32.3 Å². The molecule has 1 fully saturated rings. The van der Waals surface area contributed by atoms with Gasteiger partial charge in [0, 0.05) is 0 Å². The van der Waals surface area contributed by atoms with Crippen LogP contribution in [0.15, 0.2) is 42.5 Å². The lowest BCUT2D eigenvalue weighted by Gasteiger charge is -2.38. The monoisotopic (exact) mass is 396 g/mol. The third kappa shape index (κ3) is 3.83. The van der Waals surface area contributed by atoms with Gasteiger partial charge >= 0.3 is 5.97 Å². The van der Waals surface area contributed by atoms with Crippen LogP contribution in [0.5, 0.6) is 5.75 Å². The maximum Gasteiger partial charge on any atom is 0.310 e. The van der Waals surface area contributed by atoms with Gasteiger partial charge in [-0.05, 0) is 29.2 Å². The molecule has 1 aliphatic rings. The summed E-state index contributed by atoms with van der Waals surface area (Å²) < 4.78 is 12.1. The molecule has 0 bridgehead atoms. The molecule has 0 aliphatic carbocycles. The van der Waals surface area contributed by atoms with E-state index in [2.05, 4.69) is 35.9 Å². The van der Waals surface area contributed by atoms with Crippen molar-refractivity contribution in [3.05, 3.63) is 53.6 Å². The zero-order valence-corrected chi connectivity index (χ0v) is 17.2. The molecule has 0 saturated carbocycles. The normalized spacial score (nSPS) is 14.4. The molecule has 1 aromatic heterocycles. The van der Waals surface area contributed by atoms with E-state index in [0.717, 1.165) is 26.7 Å². The fraction of sp³-hybridized carbons (Fsp3) is 0.364. The number of aromatic nitrogens is 1. The number of anilines is 1. The van der Waals surface area contributed by atoms with Crippen LogP contribution in [0.3, 0.4) is 0 Å². The number of carbonyl (C=O) groups excluding carboxylic acids is 1. The second-order valence-corrected chi connectivity index (χ2v) is 8.40. The number of methoxy groups -OCH3 is 1. The molecule has 2 aromatic carbocycles. The molecule has 0 unspecified atom stereocenters. The molecule has 2 heterocycles. The molecule has 5 nitrogen and oxygen atoms in total. The molecule has 0 N–H and O–H groups in total. The Kier molecular flexibility index (Phi) is 5.22. The number of benzene rings is 2. The number of esters is 1. The molecule has 3 aromatic rings. The van der Waals surface area contributed by atoms with Crippen molar-refractivity contribution in [1.29, 1.82) is 0 Å². The summed E-state index contributed by atoms with van der Waals surface area (Å²) in [6.07, 6.45) is 0.240. The van der Waals surface area contributed by atoms with Gasteiger partial charge in [0.05, 0.1) is 31.3 Å². The number of hydrogen-bond acceptors (Lipinski definition) is 6. The lowest BCUT2D eigenvalue weighted by Crippen LogP contribution is -2.53. The number of thiazole rings is 1. The molecule has 6 heteroatoms. The van der Waals surface area contributed by atoms with Gasteiger partial charge in [-0.3, -0.25) is 4.79 Å². The van der Waals surface area contributed by atoms with Crippen molar-refractivity contribution in [3.63, 3.8) is 0 Å². The fourth-order valence-corrected chi connectivity index (χ4v) is 4.30. The van der Waals surface area contributed by atoms with E-state index in [1.165, 1.54) is 5.56 Å². The van der Waals surface area contributed by atoms with E-state index in [1.54, 1.807) is 18.4 Å². The maximum absolute atomic E-state index is 12.2. The Balaban J connectivity index is 1.31. The first kappa shape index (κ1) is 18.7. The largest absolute Gasteiger partial charge is 0.494 e. The van der Waals surface area contributed by atoms with Crippen LogP contribution in [0.25, 0.3) is 10.2 Å². The number of hydrogen-bond donors (Lipinski definition) is 0. The Hall–Kier alpha value is -2.60. The lowest BCUT2D eigenvalue weighted by atomic mass is 10.0. The standard InChI is InChI=1S/C22H24N2O3S/c1-14(2)16-9-7-15(8-10-16)11-20(25)27-17-12-24(13-17)22-23-21-18(26-3)5-4-6-19(21)28-22/h4-10,14,17H,11-13H2,1-3H3. The second kappa shape index (κ2) is 7.80. The number of carbonyl (C=O) groups is 1. The Morgan fingerprint density at radius 2 is 1.96 bits per heavy atom. The SMILES string of the molecule is COc1cccc2sc(N3CC(OC(=O)Cc4ccc(C(C)C)cc4)C3)nc12. The van der Waals surface area contributed by atoms with Gasteiger partial charge in [-0.25, -0.2) is 4.98 Å². The number of ether oxygens (including phenoxy) is 2. The molecule has 1 saturated heterocycles. The molecule has 0 radical (unpaired) electrons. The van der Waals surface area contributed by atoms with Gasteiger partial charge in [0.2, 0.25) is 0 Å². The van der Waals surface area contributed by atoms with Crippen molar-refractivity contribution in [2.75, 3.05) is 25.1 Å². The van der Waals surface area contributed by atoms with Crippen molar-refractivity contribution < 1.29 is 14.3 Å². The predicted molar refractivity (Wildman–Crippen MR) is 113 cm³/mol. The van der Waals surface area contributed by atoms with Gasteiger partial charge < -0.3 is 14.4 Å². The van der Waals surface area contributed by atoms with E-state index >= 15 is 0 Å².